The lowest BCUT2D eigenvalue weighted by Crippen LogP contribution is -2.48. The molecule has 0 atom stereocenters. The van der Waals surface area contributed by atoms with E-state index in [9.17, 15) is 9.59 Å². The van der Waals surface area contributed by atoms with E-state index in [0.29, 0.717) is 49.2 Å². The monoisotopic (exact) mass is 526 g/mol. The summed E-state index contributed by atoms with van der Waals surface area (Å²) in [4.78, 5) is 39.4. The maximum absolute atomic E-state index is 13.6. The summed E-state index contributed by atoms with van der Waals surface area (Å²) in [5.74, 6) is 1.00. The molecule has 0 radical (unpaired) electrons. The van der Waals surface area contributed by atoms with Crippen LogP contribution in [0.3, 0.4) is 0 Å². The van der Waals surface area contributed by atoms with Crippen LogP contribution in [0.4, 0.5) is 5.82 Å². The second-order valence-corrected chi connectivity index (χ2v) is 9.96. The Balaban J connectivity index is 1.36. The maximum atomic E-state index is 13.6. The average molecular weight is 527 g/mol. The zero-order chi connectivity index (χ0) is 27.2. The van der Waals surface area contributed by atoms with E-state index in [1.165, 1.54) is 12.5 Å². The van der Waals surface area contributed by atoms with E-state index in [1.807, 2.05) is 59.5 Å². The summed E-state index contributed by atoms with van der Waals surface area (Å²) in [6.07, 6.45) is 2.35. The van der Waals surface area contributed by atoms with Crippen molar-refractivity contribution in [3.05, 3.63) is 78.0 Å². The van der Waals surface area contributed by atoms with Crippen molar-refractivity contribution in [1.82, 2.24) is 25.2 Å². The van der Waals surface area contributed by atoms with Crippen molar-refractivity contribution in [1.29, 1.82) is 0 Å². The van der Waals surface area contributed by atoms with Gasteiger partial charge in [0.15, 0.2) is 5.82 Å². The fourth-order valence-corrected chi connectivity index (χ4v) is 5.10. The number of rotatable bonds is 9. The Labute approximate surface area is 228 Å². The molecule has 9 heteroatoms. The number of carbonyl (C=O) groups is 2. The van der Waals surface area contributed by atoms with Crippen molar-refractivity contribution in [2.45, 2.75) is 31.8 Å². The predicted octanol–water partition coefficient (Wildman–Crippen LogP) is 4.04. The van der Waals surface area contributed by atoms with Crippen LogP contribution in [0.1, 0.15) is 35.8 Å². The first-order valence-corrected chi connectivity index (χ1v) is 13.3. The van der Waals surface area contributed by atoms with E-state index in [2.05, 4.69) is 27.8 Å². The van der Waals surface area contributed by atoms with Crippen LogP contribution < -0.4 is 10.6 Å². The number of carbonyl (C=O) groups excluding carboxylic acids is 2. The van der Waals surface area contributed by atoms with E-state index in [-0.39, 0.29) is 17.4 Å². The number of nitrogens with zero attached hydrogens (tertiary/aromatic N) is 3. The molecule has 0 unspecified atom stereocenters. The molecule has 0 saturated carbocycles. The number of anilines is 1. The molecule has 5 rings (SSSR count). The standard InChI is InChI=1S/C30H34N6O3/c1-21(37)31-15-16-32-27-24-19-25(33-28(24)35-26(34-27)23-11-7-4-8-12-23)29(38)36-17-13-30(39-2,14-18-36)20-22-9-5-3-6-10-22/h3-12,19H,13-18,20H2,1-2H3,(H,31,37)(H2,32,33,34,35). The van der Waals surface area contributed by atoms with Crippen molar-refractivity contribution < 1.29 is 14.3 Å². The van der Waals surface area contributed by atoms with Crippen molar-refractivity contribution in [2.75, 3.05) is 38.6 Å². The highest BCUT2D eigenvalue weighted by Crippen LogP contribution is 2.31. The molecule has 1 fully saturated rings. The zero-order valence-corrected chi connectivity index (χ0v) is 22.4. The molecular formula is C30H34N6O3. The number of methoxy groups -OCH3 is 1. The average Bonchev–Trinajstić information content (AvgIpc) is 3.41. The second-order valence-electron chi connectivity index (χ2n) is 9.96. The number of piperidine rings is 1. The molecule has 2 aromatic carbocycles. The van der Waals surface area contributed by atoms with Crippen LogP contribution in [-0.4, -0.2) is 70.6 Å². The van der Waals surface area contributed by atoms with Gasteiger partial charge in [0.1, 0.15) is 17.2 Å². The summed E-state index contributed by atoms with van der Waals surface area (Å²) in [5.41, 5.74) is 2.89. The van der Waals surface area contributed by atoms with Crippen LogP contribution in [0.15, 0.2) is 66.7 Å². The minimum Gasteiger partial charge on any atom is -0.378 e. The first-order valence-electron chi connectivity index (χ1n) is 13.3. The molecule has 3 N–H and O–H groups in total. The van der Waals surface area contributed by atoms with Crippen LogP contribution in [0.2, 0.25) is 0 Å². The maximum Gasteiger partial charge on any atom is 0.270 e. The minimum atomic E-state index is -0.278. The second kappa shape index (κ2) is 11.7. The SMILES string of the molecule is COC1(Cc2ccccc2)CCN(C(=O)c2cc3c(NCCNC(C)=O)nc(-c4ccccc4)nc3[nH]2)CC1. The van der Waals surface area contributed by atoms with Crippen molar-refractivity contribution in [3.63, 3.8) is 0 Å². The molecular weight excluding hydrogens is 492 g/mol. The summed E-state index contributed by atoms with van der Waals surface area (Å²) in [7, 11) is 1.77. The molecule has 9 nitrogen and oxygen atoms in total. The van der Waals surface area contributed by atoms with Gasteiger partial charge in [0.2, 0.25) is 5.91 Å². The van der Waals surface area contributed by atoms with Gasteiger partial charge in [-0.3, -0.25) is 9.59 Å². The smallest absolute Gasteiger partial charge is 0.270 e. The van der Waals surface area contributed by atoms with E-state index in [4.69, 9.17) is 14.7 Å². The van der Waals surface area contributed by atoms with Crippen molar-refractivity contribution in [2.24, 2.45) is 0 Å². The summed E-state index contributed by atoms with van der Waals surface area (Å²) in [5, 5.41) is 6.81. The largest absolute Gasteiger partial charge is 0.378 e. The first-order chi connectivity index (χ1) is 19.0. The molecule has 202 valence electrons. The fraction of sp³-hybridized carbons (Fsp3) is 0.333. The molecule has 0 aliphatic carbocycles. The van der Waals surface area contributed by atoms with E-state index in [0.717, 1.165) is 30.2 Å². The summed E-state index contributed by atoms with van der Waals surface area (Å²) in [6.45, 7) is 3.64. The Hall–Kier alpha value is -4.24. The highest BCUT2D eigenvalue weighted by Gasteiger charge is 2.36. The van der Waals surface area contributed by atoms with Crippen LogP contribution in [0, 0.1) is 0 Å². The van der Waals surface area contributed by atoms with Gasteiger partial charge in [0.25, 0.3) is 5.91 Å². The molecule has 0 bridgehead atoms. The molecule has 4 aromatic rings. The van der Waals surface area contributed by atoms with Gasteiger partial charge in [-0.2, -0.15) is 0 Å². The van der Waals surface area contributed by atoms with Gasteiger partial charge >= 0.3 is 0 Å². The normalized spacial score (nSPS) is 14.8. The quantitative estimate of drug-likeness (QED) is 0.284. The van der Waals surface area contributed by atoms with Gasteiger partial charge in [-0.25, -0.2) is 9.97 Å². The first kappa shape index (κ1) is 26.4. The number of benzene rings is 2. The Kier molecular flexibility index (Phi) is 7.88. The van der Waals surface area contributed by atoms with Gasteiger partial charge in [-0.1, -0.05) is 60.7 Å². The fourth-order valence-electron chi connectivity index (χ4n) is 5.10. The van der Waals surface area contributed by atoms with Gasteiger partial charge < -0.3 is 25.3 Å². The molecule has 3 heterocycles. The third-order valence-electron chi connectivity index (χ3n) is 7.31. The van der Waals surface area contributed by atoms with Crippen LogP contribution in [-0.2, 0) is 16.0 Å². The third-order valence-corrected chi connectivity index (χ3v) is 7.31. The number of amides is 2. The summed E-state index contributed by atoms with van der Waals surface area (Å²) < 4.78 is 6.00. The number of likely N-dealkylation sites (tertiary alicyclic amines) is 1. The van der Waals surface area contributed by atoms with Gasteiger partial charge in [0, 0.05) is 52.2 Å². The Bertz CT molecular complexity index is 1430. The number of nitrogens with one attached hydrogen (secondary N) is 3. The van der Waals surface area contributed by atoms with Crippen LogP contribution in [0.5, 0.6) is 0 Å². The molecule has 0 spiro atoms. The highest BCUT2D eigenvalue weighted by molar-refractivity contribution is 6.00. The van der Waals surface area contributed by atoms with Gasteiger partial charge in [-0.05, 0) is 24.5 Å². The number of aromatic amines is 1. The summed E-state index contributed by atoms with van der Waals surface area (Å²) >= 11 is 0. The molecule has 39 heavy (non-hydrogen) atoms. The Morgan fingerprint density at radius 3 is 2.36 bits per heavy atom. The molecule has 1 aliphatic rings. The lowest BCUT2D eigenvalue weighted by atomic mass is 9.85. The highest BCUT2D eigenvalue weighted by atomic mass is 16.5. The molecule has 1 saturated heterocycles. The number of H-pyrrole nitrogens is 1. The molecule has 1 aliphatic heterocycles. The van der Waals surface area contributed by atoms with Crippen molar-refractivity contribution in [3.8, 4) is 11.4 Å². The van der Waals surface area contributed by atoms with E-state index < -0.39 is 0 Å². The molecule has 2 amide bonds. The zero-order valence-electron chi connectivity index (χ0n) is 22.4. The lowest BCUT2D eigenvalue weighted by Gasteiger charge is -2.41. The number of ether oxygens (including phenoxy) is 1. The number of hydrogen-bond donors (Lipinski definition) is 3. The number of aromatic nitrogens is 3. The third kappa shape index (κ3) is 6.09. The number of fused-ring (bicyclic) bond motifs is 1. The van der Waals surface area contributed by atoms with Gasteiger partial charge in [0.05, 0.1) is 11.0 Å². The minimum absolute atomic E-state index is 0.0668. The van der Waals surface area contributed by atoms with Crippen LogP contribution >= 0.6 is 0 Å². The summed E-state index contributed by atoms with van der Waals surface area (Å²) in [6, 6.07) is 21.9. The number of hydrogen-bond acceptors (Lipinski definition) is 6. The topological polar surface area (TPSA) is 112 Å². The van der Waals surface area contributed by atoms with Crippen LogP contribution in [0.25, 0.3) is 22.4 Å². The lowest BCUT2D eigenvalue weighted by molar-refractivity contribution is -0.118. The Morgan fingerprint density at radius 1 is 1.00 bits per heavy atom. The molecule has 2 aromatic heterocycles. The Morgan fingerprint density at radius 2 is 1.69 bits per heavy atom. The predicted molar refractivity (Wildman–Crippen MR) is 152 cm³/mol. The van der Waals surface area contributed by atoms with E-state index >= 15 is 0 Å². The van der Waals surface area contributed by atoms with E-state index in [1.54, 1.807) is 7.11 Å². The van der Waals surface area contributed by atoms with Gasteiger partial charge in [-0.15, -0.1) is 0 Å². The van der Waals surface area contributed by atoms with Crippen molar-refractivity contribution >= 4 is 28.7 Å².